The molecule has 106 valence electrons. The molecule has 1 amide bonds. The van der Waals surface area contributed by atoms with Crippen molar-refractivity contribution < 1.29 is 9.18 Å². The molecule has 0 bridgehead atoms. The lowest BCUT2D eigenvalue weighted by atomic mass is 10.2. The third kappa shape index (κ3) is 2.84. The molecule has 0 saturated carbocycles. The highest BCUT2D eigenvalue weighted by molar-refractivity contribution is 7.20. The van der Waals surface area contributed by atoms with Gasteiger partial charge in [0.25, 0.3) is 5.91 Å². The van der Waals surface area contributed by atoms with Crippen molar-refractivity contribution in [2.75, 3.05) is 11.1 Å². The van der Waals surface area contributed by atoms with E-state index < -0.39 is 0 Å². The molecule has 0 aliphatic carbocycles. The molecular weight excluding hydrogens is 311 g/mol. The molecule has 3 aromatic rings. The number of anilines is 2. The van der Waals surface area contributed by atoms with Crippen LogP contribution in [0.1, 0.15) is 9.67 Å². The van der Waals surface area contributed by atoms with E-state index >= 15 is 0 Å². The quantitative estimate of drug-likeness (QED) is 0.682. The zero-order valence-electron chi connectivity index (χ0n) is 10.7. The predicted octanol–water partition coefficient (Wildman–Crippen LogP) is 4.53. The van der Waals surface area contributed by atoms with Crippen LogP contribution in [0.2, 0.25) is 5.02 Å². The highest BCUT2D eigenvalue weighted by atomic mass is 35.5. The number of halogens is 2. The van der Waals surface area contributed by atoms with Crippen molar-refractivity contribution in [2.24, 2.45) is 0 Å². The van der Waals surface area contributed by atoms with Crippen LogP contribution in [0, 0.1) is 5.82 Å². The number of nitrogen functional groups attached to an aromatic ring is 1. The summed E-state index contributed by atoms with van der Waals surface area (Å²) in [7, 11) is 0. The molecule has 0 aliphatic heterocycles. The minimum Gasteiger partial charge on any atom is -0.399 e. The van der Waals surface area contributed by atoms with Gasteiger partial charge in [0.05, 0.1) is 15.6 Å². The van der Waals surface area contributed by atoms with Gasteiger partial charge in [0.15, 0.2) is 0 Å². The number of amides is 1. The number of thiophene rings is 1. The molecular formula is C15H10ClFN2OS. The van der Waals surface area contributed by atoms with Gasteiger partial charge in [-0.25, -0.2) is 4.39 Å². The highest BCUT2D eigenvalue weighted by Crippen LogP contribution is 2.29. The van der Waals surface area contributed by atoms with Crippen molar-refractivity contribution >= 4 is 50.3 Å². The summed E-state index contributed by atoms with van der Waals surface area (Å²) in [6.07, 6.45) is 0. The van der Waals surface area contributed by atoms with E-state index in [0.29, 0.717) is 21.3 Å². The van der Waals surface area contributed by atoms with E-state index in [1.807, 2.05) is 0 Å². The first-order valence-corrected chi connectivity index (χ1v) is 7.28. The Balaban J connectivity index is 1.89. The molecule has 1 aromatic heterocycles. The second kappa shape index (κ2) is 5.35. The number of carbonyl (C=O) groups excluding carboxylic acids is 1. The zero-order chi connectivity index (χ0) is 15.0. The Hall–Kier alpha value is -2.11. The summed E-state index contributed by atoms with van der Waals surface area (Å²) in [5.41, 5.74) is 6.61. The Morgan fingerprint density at radius 2 is 2.00 bits per heavy atom. The number of benzene rings is 2. The van der Waals surface area contributed by atoms with Gasteiger partial charge in [-0.15, -0.1) is 11.3 Å². The molecule has 0 atom stereocenters. The van der Waals surface area contributed by atoms with Gasteiger partial charge < -0.3 is 11.1 Å². The van der Waals surface area contributed by atoms with Crippen LogP contribution < -0.4 is 11.1 Å². The number of fused-ring (bicyclic) bond motifs is 1. The Bertz CT molecular complexity index is 847. The SMILES string of the molecule is Nc1ccc(NC(=O)c2cc3ccc(F)cc3s2)c(Cl)c1. The van der Waals surface area contributed by atoms with E-state index in [9.17, 15) is 9.18 Å². The molecule has 0 saturated heterocycles. The molecule has 2 aromatic carbocycles. The van der Waals surface area contributed by atoms with Crippen LogP contribution in [-0.2, 0) is 0 Å². The van der Waals surface area contributed by atoms with Gasteiger partial charge in [-0.05, 0) is 41.8 Å². The lowest BCUT2D eigenvalue weighted by Crippen LogP contribution is -2.10. The van der Waals surface area contributed by atoms with Gasteiger partial charge >= 0.3 is 0 Å². The van der Waals surface area contributed by atoms with Crippen LogP contribution in [0.25, 0.3) is 10.1 Å². The monoisotopic (exact) mass is 320 g/mol. The number of rotatable bonds is 2. The van der Waals surface area contributed by atoms with Crippen molar-refractivity contribution in [3.63, 3.8) is 0 Å². The van der Waals surface area contributed by atoms with Crippen LogP contribution in [-0.4, -0.2) is 5.91 Å². The molecule has 1 heterocycles. The maximum atomic E-state index is 13.2. The van der Waals surface area contributed by atoms with Gasteiger partial charge in [-0.1, -0.05) is 17.7 Å². The number of nitrogens with one attached hydrogen (secondary N) is 1. The van der Waals surface area contributed by atoms with Crippen LogP contribution >= 0.6 is 22.9 Å². The van der Waals surface area contributed by atoms with E-state index in [2.05, 4.69) is 5.32 Å². The third-order valence-corrected chi connectivity index (χ3v) is 4.36. The second-order valence-electron chi connectivity index (χ2n) is 4.49. The maximum absolute atomic E-state index is 13.2. The van der Waals surface area contributed by atoms with Crippen LogP contribution in [0.3, 0.4) is 0 Å². The highest BCUT2D eigenvalue weighted by Gasteiger charge is 2.12. The van der Waals surface area contributed by atoms with Crippen LogP contribution in [0.5, 0.6) is 0 Å². The summed E-state index contributed by atoms with van der Waals surface area (Å²) in [6, 6.07) is 11.0. The van der Waals surface area contributed by atoms with Gasteiger partial charge in [0, 0.05) is 10.4 Å². The number of nitrogens with two attached hydrogens (primary N) is 1. The first-order valence-electron chi connectivity index (χ1n) is 6.08. The smallest absolute Gasteiger partial charge is 0.265 e. The summed E-state index contributed by atoms with van der Waals surface area (Å²) < 4.78 is 13.9. The average molecular weight is 321 g/mol. The minimum atomic E-state index is -0.321. The first kappa shape index (κ1) is 13.9. The summed E-state index contributed by atoms with van der Waals surface area (Å²) >= 11 is 7.25. The Morgan fingerprint density at radius 3 is 2.76 bits per heavy atom. The van der Waals surface area contributed by atoms with E-state index in [1.54, 1.807) is 30.3 Å². The predicted molar refractivity (Wildman–Crippen MR) is 85.6 cm³/mol. The van der Waals surface area contributed by atoms with Crippen molar-refractivity contribution in [3.8, 4) is 0 Å². The average Bonchev–Trinajstić information content (AvgIpc) is 2.85. The normalized spacial score (nSPS) is 10.8. The van der Waals surface area contributed by atoms with E-state index in [1.165, 1.54) is 23.5 Å². The van der Waals surface area contributed by atoms with E-state index in [4.69, 9.17) is 17.3 Å². The Kier molecular flexibility index (Phi) is 3.53. The molecule has 0 unspecified atom stereocenters. The molecule has 3 N–H and O–H groups in total. The summed E-state index contributed by atoms with van der Waals surface area (Å²) in [5.74, 6) is -0.610. The van der Waals surface area contributed by atoms with Crippen molar-refractivity contribution in [2.45, 2.75) is 0 Å². The minimum absolute atomic E-state index is 0.289. The Morgan fingerprint density at radius 1 is 1.19 bits per heavy atom. The molecule has 21 heavy (non-hydrogen) atoms. The largest absolute Gasteiger partial charge is 0.399 e. The van der Waals surface area contributed by atoms with Gasteiger partial charge in [-0.2, -0.15) is 0 Å². The fourth-order valence-electron chi connectivity index (χ4n) is 1.93. The number of carbonyl (C=O) groups is 1. The third-order valence-electron chi connectivity index (χ3n) is 2.95. The molecule has 0 aliphatic rings. The molecule has 0 spiro atoms. The first-order chi connectivity index (χ1) is 10.0. The fourth-order valence-corrected chi connectivity index (χ4v) is 3.15. The standard InChI is InChI=1S/C15H10ClFN2OS/c16-11-7-10(18)3-4-12(11)19-15(20)14-5-8-1-2-9(17)6-13(8)21-14/h1-7H,18H2,(H,19,20). The Labute approximate surface area is 129 Å². The fraction of sp³-hybridized carbons (Fsp3) is 0. The lowest BCUT2D eigenvalue weighted by Gasteiger charge is -2.06. The summed E-state index contributed by atoms with van der Waals surface area (Å²) in [5, 5.41) is 3.92. The van der Waals surface area contributed by atoms with E-state index in [-0.39, 0.29) is 11.7 Å². The van der Waals surface area contributed by atoms with Gasteiger partial charge in [-0.3, -0.25) is 4.79 Å². The van der Waals surface area contributed by atoms with E-state index in [0.717, 1.165) is 10.1 Å². The maximum Gasteiger partial charge on any atom is 0.265 e. The molecule has 3 rings (SSSR count). The summed E-state index contributed by atoms with van der Waals surface area (Å²) in [4.78, 5) is 12.7. The summed E-state index contributed by atoms with van der Waals surface area (Å²) in [6.45, 7) is 0. The van der Waals surface area contributed by atoms with Gasteiger partial charge in [0.1, 0.15) is 5.82 Å². The second-order valence-corrected chi connectivity index (χ2v) is 5.98. The molecule has 0 fully saturated rings. The molecule has 0 radical (unpaired) electrons. The molecule has 6 heteroatoms. The van der Waals surface area contributed by atoms with Crippen LogP contribution in [0.4, 0.5) is 15.8 Å². The van der Waals surface area contributed by atoms with Crippen molar-refractivity contribution in [3.05, 3.63) is 58.2 Å². The zero-order valence-corrected chi connectivity index (χ0v) is 12.3. The van der Waals surface area contributed by atoms with Crippen LogP contribution in [0.15, 0.2) is 42.5 Å². The lowest BCUT2D eigenvalue weighted by molar-refractivity contribution is 0.103. The van der Waals surface area contributed by atoms with Crippen molar-refractivity contribution in [1.29, 1.82) is 0 Å². The number of hydrogen-bond acceptors (Lipinski definition) is 3. The van der Waals surface area contributed by atoms with Gasteiger partial charge in [0.2, 0.25) is 0 Å². The van der Waals surface area contributed by atoms with Crippen molar-refractivity contribution in [1.82, 2.24) is 0 Å². The number of hydrogen-bond donors (Lipinski definition) is 2. The topological polar surface area (TPSA) is 55.1 Å². The molecule has 3 nitrogen and oxygen atoms in total.